The summed E-state index contributed by atoms with van der Waals surface area (Å²) >= 11 is 7.70. The second-order valence-electron chi connectivity index (χ2n) is 4.36. The molecule has 3 N–H and O–H groups in total. The van der Waals surface area contributed by atoms with E-state index in [1.165, 1.54) is 10.4 Å². The molecular formula is C14H17ClN2S. The van der Waals surface area contributed by atoms with Gasteiger partial charge in [-0.25, -0.2) is 0 Å². The van der Waals surface area contributed by atoms with Gasteiger partial charge in [-0.3, -0.25) is 0 Å². The van der Waals surface area contributed by atoms with E-state index in [2.05, 4.69) is 23.7 Å². The molecular weight excluding hydrogens is 264 g/mol. The SMILES string of the molecule is CN[C@@H](Cc1ccc(Cl)cc1N)c1sccc1C. The molecule has 18 heavy (non-hydrogen) atoms. The third-order valence-electron chi connectivity index (χ3n) is 3.10. The third kappa shape index (κ3) is 2.86. The molecule has 0 aliphatic heterocycles. The number of likely N-dealkylation sites (N-methyl/N-ethyl adjacent to an activating group) is 1. The van der Waals surface area contributed by atoms with Crippen molar-refractivity contribution in [3.05, 3.63) is 50.7 Å². The number of benzene rings is 1. The van der Waals surface area contributed by atoms with E-state index >= 15 is 0 Å². The maximum absolute atomic E-state index is 6.01. The van der Waals surface area contributed by atoms with E-state index in [1.807, 2.05) is 25.2 Å². The van der Waals surface area contributed by atoms with Crippen LogP contribution in [0.5, 0.6) is 0 Å². The molecule has 2 rings (SSSR count). The van der Waals surface area contributed by atoms with Crippen LogP contribution in [0.4, 0.5) is 5.69 Å². The Balaban J connectivity index is 2.23. The highest BCUT2D eigenvalue weighted by molar-refractivity contribution is 7.10. The number of halogens is 1. The number of nitrogens with two attached hydrogens (primary N) is 1. The number of nitrogen functional groups attached to an aromatic ring is 1. The van der Waals surface area contributed by atoms with E-state index in [0.717, 1.165) is 17.7 Å². The molecule has 0 fully saturated rings. The van der Waals surface area contributed by atoms with Crippen molar-refractivity contribution in [3.63, 3.8) is 0 Å². The van der Waals surface area contributed by atoms with E-state index in [4.69, 9.17) is 17.3 Å². The van der Waals surface area contributed by atoms with Crippen molar-refractivity contribution < 1.29 is 0 Å². The minimum absolute atomic E-state index is 0.300. The zero-order chi connectivity index (χ0) is 13.1. The maximum atomic E-state index is 6.01. The fourth-order valence-corrected chi connectivity index (χ4v) is 3.26. The average Bonchev–Trinajstić information content (AvgIpc) is 2.75. The van der Waals surface area contributed by atoms with Gasteiger partial charge in [0.05, 0.1) is 0 Å². The van der Waals surface area contributed by atoms with Crippen LogP contribution in [-0.2, 0) is 6.42 Å². The monoisotopic (exact) mass is 280 g/mol. The number of aryl methyl sites for hydroxylation is 1. The van der Waals surface area contributed by atoms with E-state index in [0.29, 0.717) is 11.1 Å². The molecule has 1 aromatic heterocycles. The standard InChI is InChI=1S/C14H17ClN2S/c1-9-5-6-18-14(9)13(17-2)7-10-3-4-11(15)8-12(10)16/h3-6,8,13,17H,7,16H2,1-2H3/t13-/m0/s1. The van der Waals surface area contributed by atoms with Gasteiger partial charge in [0.1, 0.15) is 0 Å². The Morgan fingerprint density at radius 1 is 1.39 bits per heavy atom. The largest absolute Gasteiger partial charge is 0.398 e. The quantitative estimate of drug-likeness (QED) is 0.836. The Kier molecular flexibility index (Phi) is 4.27. The van der Waals surface area contributed by atoms with Crippen LogP contribution in [0, 0.1) is 6.92 Å². The first-order valence-corrected chi connectivity index (χ1v) is 7.12. The first kappa shape index (κ1) is 13.4. The summed E-state index contributed by atoms with van der Waals surface area (Å²) < 4.78 is 0. The number of hydrogen-bond donors (Lipinski definition) is 2. The van der Waals surface area contributed by atoms with Gasteiger partial charge in [-0.2, -0.15) is 0 Å². The van der Waals surface area contributed by atoms with Crippen LogP contribution in [0.3, 0.4) is 0 Å². The molecule has 4 heteroatoms. The Morgan fingerprint density at radius 3 is 2.72 bits per heavy atom. The molecule has 0 spiro atoms. The van der Waals surface area contributed by atoms with Crippen molar-refractivity contribution in [3.8, 4) is 0 Å². The molecule has 0 radical (unpaired) electrons. The molecule has 2 aromatic rings. The Bertz CT molecular complexity index is 536. The fourth-order valence-electron chi connectivity index (χ4n) is 2.04. The maximum Gasteiger partial charge on any atom is 0.0456 e. The van der Waals surface area contributed by atoms with Gasteiger partial charge < -0.3 is 11.1 Å². The van der Waals surface area contributed by atoms with Crippen LogP contribution in [0.2, 0.25) is 5.02 Å². The van der Waals surface area contributed by atoms with Gasteiger partial charge in [-0.05, 0) is 55.1 Å². The summed E-state index contributed by atoms with van der Waals surface area (Å²) in [6, 6.07) is 8.15. The van der Waals surface area contributed by atoms with E-state index in [-0.39, 0.29) is 0 Å². The number of nitrogens with one attached hydrogen (secondary N) is 1. The van der Waals surface area contributed by atoms with Crippen molar-refractivity contribution in [2.24, 2.45) is 0 Å². The number of rotatable bonds is 4. The lowest BCUT2D eigenvalue weighted by Gasteiger charge is -2.17. The van der Waals surface area contributed by atoms with Crippen molar-refractivity contribution in [1.82, 2.24) is 5.32 Å². The van der Waals surface area contributed by atoms with Crippen LogP contribution in [0.25, 0.3) is 0 Å². The third-order valence-corrected chi connectivity index (χ3v) is 4.47. The molecule has 0 amide bonds. The average molecular weight is 281 g/mol. The molecule has 0 aliphatic carbocycles. The second kappa shape index (κ2) is 5.74. The zero-order valence-corrected chi connectivity index (χ0v) is 12.1. The van der Waals surface area contributed by atoms with Crippen molar-refractivity contribution >= 4 is 28.6 Å². The summed E-state index contributed by atoms with van der Waals surface area (Å²) in [6.07, 6.45) is 0.876. The number of hydrogen-bond acceptors (Lipinski definition) is 3. The van der Waals surface area contributed by atoms with E-state index in [9.17, 15) is 0 Å². The molecule has 0 bridgehead atoms. The minimum atomic E-state index is 0.300. The van der Waals surface area contributed by atoms with Crippen molar-refractivity contribution in [2.75, 3.05) is 12.8 Å². The zero-order valence-electron chi connectivity index (χ0n) is 10.5. The smallest absolute Gasteiger partial charge is 0.0456 e. The minimum Gasteiger partial charge on any atom is -0.398 e. The van der Waals surface area contributed by atoms with Gasteiger partial charge in [-0.15, -0.1) is 11.3 Å². The predicted molar refractivity (Wildman–Crippen MR) is 80.4 cm³/mol. The Labute approximate surface area is 117 Å². The first-order chi connectivity index (χ1) is 8.61. The van der Waals surface area contributed by atoms with Crippen molar-refractivity contribution in [1.29, 1.82) is 0 Å². The molecule has 1 aromatic carbocycles. The van der Waals surface area contributed by atoms with Crippen molar-refractivity contribution in [2.45, 2.75) is 19.4 Å². The first-order valence-electron chi connectivity index (χ1n) is 5.87. The summed E-state index contributed by atoms with van der Waals surface area (Å²) in [5.41, 5.74) is 9.22. The molecule has 2 nitrogen and oxygen atoms in total. The number of thiophene rings is 1. The predicted octanol–water partition coefficient (Wildman–Crippen LogP) is 3.80. The summed E-state index contributed by atoms with van der Waals surface area (Å²) in [7, 11) is 1.98. The van der Waals surface area contributed by atoms with Crippen LogP contribution in [0.15, 0.2) is 29.6 Å². The van der Waals surface area contributed by atoms with Gasteiger partial charge in [0.15, 0.2) is 0 Å². The molecule has 0 saturated carbocycles. The topological polar surface area (TPSA) is 38.0 Å². The highest BCUT2D eigenvalue weighted by Gasteiger charge is 2.15. The van der Waals surface area contributed by atoms with Gasteiger partial charge in [-0.1, -0.05) is 17.7 Å². The molecule has 96 valence electrons. The number of anilines is 1. The van der Waals surface area contributed by atoms with Crippen LogP contribution >= 0.6 is 22.9 Å². The summed E-state index contributed by atoms with van der Waals surface area (Å²) in [5.74, 6) is 0. The van der Waals surface area contributed by atoms with Gasteiger partial charge >= 0.3 is 0 Å². The fraction of sp³-hybridized carbons (Fsp3) is 0.286. The lowest BCUT2D eigenvalue weighted by Crippen LogP contribution is -2.19. The molecule has 0 unspecified atom stereocenters. The van der Waals surface area contributed by atoms with Gasteiger partial charge in [0.25, 0.3) is 0 Å². The highest BCUT2D eigenvalue weighted by atomic mass is 35.5. The molecule has 1 heterocycles. The second-order valence-corrected chi connectivity index (χ2v) is 5.74. The van der Waals surface area contributed by atoms with E-state index < -0.39 is 0 Å². The van der Waals surface area contributed by atoms with Crippen LogP contribution in [-0.4, -0.2) is 7.05 Å². The van der Waals surface area contributed by atoms with Gasteiger partial charge in [0, 0.05) is 21.6 Å². The lowest BCUT2D eigenvalue weighted by molar-refractivity contribution is 0.600. The van der Waals surface area contributed by atoms with Gasteiger partial charge in [0.2, 0.25) is 0 Å². The summed E-state index contributed by atoms with van der Waals surface area (Å²) in [4.78, 5) is 1.37. The molecule has 0 saturated heterocycles. The Hall–Kier alpha value is -1.03. The normalized spacial score (nSPS) is 12.6. The molecule has 1 atom stereocenters. The van der Waals surface area contributed by atoms with Crippen LogP contribution < -0.4 is 11.1 Å². The Morgan fingerprint density at radius 2 is 2.17 bits per heavy atom. The lowest BCUT2D eigenvalue weighted by atomic mass is 10.0. The summed E-state index contributed by atoms with van der Waals surface area (Å²) in [6.45, 7) is 2.14. The van der Waals surface area contributed by atoms with Crippen LogP contribution in [0.1, 0.15) is 22.0 Å². The van der Waals surface area contributed by atoms with E-state index in [1.54, 1.807) is 11.3 Å². The molecule has 0 aliphatic rings. The highest BCUT2D eigenvalue weighted by Crippen LogP contribution is 2.29. The summed E-state index contributed by atoms with van der Waals surface area (Å²) in [5, 5.41) is 6.17.